The minimum absolute atomic E-state index is 0.0591. The van der Waals surface area contributed by atoms with Crippen LogP contribution in [0.25, 0.3) is 0 Å². The van der Waals surface area contributed by atoms with E-state index in [9.17, 15) is 27.6 Å². The Morgan fingerprint density at radius 1 is 1.16 bits per heavy atom. The summed E-state index contributed by atoms with van der Waals surface area (Å²) < 4.78 is 33.5. The zero-order chi connectivity index (χ0) is 28.2. The van der Waals surface area contributed by atoms with Crippen molar-refractivity contribution in [3.05, 3.63) is 47.8 Å². The Labute approximate surface area is 216 Å². The van der Waals surface area contributed by atoms with Crippen LogP contribution < -0.4 is 5.32 Å². The van der Waals surface area contributed by atoms with Gasteiger partial charge < -0.3 is 29.7 Å². The number of alkyl halides is 3. The first kappa shape index (κ1) is 28.4. The van der Waals surface area contributed by atoms with Crippen molar-refractivity contribution in [2.75, 3.05) is 47.3 Å². The smallest absolute Gasteiger partial charge is 0.475 e. The molecule has 15 heteroatoms. The first-order chi connectivity index (χ1) is 17.8. The highest BCUT2D eigenvalue weighted by Gasteiger charge is 2.43. The molecule has 0 radical (unpaired) electrons. The van der Waals surface area contributed by atoms with E-state index in [-0.39, 0.29) is 41.2 Å². The van der Waals surface area contributed by atoms with E-state index < -0.39 is 12.1 Å². The molecule has 2 atom stereocenters. The van der Waals surface area contributed by atoms with Crippen molar-refractivity contribution in [2.24, 2.45) is 5.92 Å². The van der Waals surface area contributed by atoms with Crippen molar-refractivity contribution in [1.29, 1.82) is 0 Å². The number of nitrogens with zero attached hydrogens (tertiary/aromatic N) is 6. The van der Waals surface area contributed by atoms with E-state index in [1.54, 1.807) is 52.9 Å². The largest absolute Gasteiger partial charge is 0.490 e. The number of urea groups is 1. The van der Waals surface area contributed by atoms with E-state index in [2.05, 4.69) is 15.3 Å². The number of aromatic nitrogens is 3. The normalized spacial score (nSPS) is 18.5. The highest BCUT2D eigenvalue weighted by Crippen LogP contribution is 2.34. The summed E-state index contributed by atoms with van der Waals surface area (Å²) in [6.45, 7) is 1.95. The second kappa shape index (κ2) is 11.5. The molecule has 1 fully saturated rings. The molecule has 4 amide bonds. The molecule has 1 saturated heterocycles. The number of imidazole rings is 1. The number of carboxylic acids is 1. The summed E-state index contributed by atoms with van der Waals surface area (Å²) in [6.07, 6.45) is -1.23. The Bertz CT molecular complexity index is 1190. The number of pyridine rings is 1. The molecule has 4 heterocycles. The van der Waals surface area contributed by atoms with Crippen LogP contribution in [0.15, 0.2) is 30.7 Å². The molecule has 2 N–H and O–H groups in total. The molecule has 2 aliphatic rings. The third-order valence-electron chi connectivity index (χ3n) is 6.12. The van der Waals surface area contributed by atoms with Gasteiger partial charge in [-0.25, -0.2) is 14.6 Å². The van der Waals surface area contributed by atoms with Gasteiger partial charge in [0.05, 0.1) is 12.4 Å². The third-order valence-corrected chi connectivity index (χ3v) is 6.12. The van der Waals surface area contributed by atoms with Crippen LogP contribution in [0.1, 0.15) is 32.7 Å². The highest BCUT2D eigenvalue weighted by molar-refractivity contribution is 6.05. The SMILES string of the molecule is CN(C)C(=O)N1CC2CN(C)C(=O)c3c(C(=O)NCCc4ccccn4)ncn3C2C1.O=C(O)C(F)(F)F. The number of fused-ring (bicyclic) bond motifs is 3. The number of carboxylic acid groups (broad SMARTS) is 1. The zero-order valence-electron chi connectivity index (χ0n) is 21.0. The van der Waals surface area contributed by atoms with Crippen molar-refractivity contribution >= 4 is 23.8 Å². The number of hydrogen-bond donors (Lipinski definition) is 2. The Morgan fingerprint density at radius 2 is 1.84 bits per heavy atom. The van der Waals surface area contributed by atoms with Gasteiger partial charge in [-0.05, 0) is 12.1 Å². The first-order valence-corrected chi connectivity index (χ1v) is 11.6. The maximum atomic E-state index is 13.1. The summed E-state index contributed by atoms with van der Waals surface area (Å²) in [4.78, 5) is 60.7. The van der Waals surface area contributed by atoms with E-state index in [0.717, 1.165) is 5.69 Å². The number of rotatable bonds is 4. The van der Waals surface area contributed by atoms with Gasteiger partial charge in [0.1, 0.15) is 5.69 Å². The van der Waals surface area contributed by atoms with Crippen molar-refractivity contribution in [3.63, 3.8) is 0 Å². The molecule has 0 aromatic carbocycles. The Hall–Kier alpha value is -4.17. The van der Waals surface area contributed by atoms with Gasteiger partial charge in [0.15, 0.2) is 5.69 Å². The summed E-state index contributed by atoms with van der Waals surface area (Å²) in [7, 11) is 5.17. The number of hydrogen-bond acceptors (Lipinski definition) is 6. The number of nitrogens with one attached hydrogen (secondary N) is 1. The molecule has 0 saturated carbocycles. The van der Waals surface area contributed by atoms with Crippen LogP contribution in [-0.4, -0.2) is 112 Å². The number of aliphatic carboxylic acids is 1. The van der Waals surface area contributed by atoms with E-state index in [1.807, 2.05) is 18.2 Å². The maximum Gasteiger partial charge on any atom is 0.490 e. The lowest BCUT2D eigenvalue weighted by molar-refractivity contribution is -0.192. The molecule has 2 aromatic heterocycles. The number of amides is 4. The standard InChI is InChI=1S/C21H27N7O3.C2HF3O2/c1-25(2)21(31)27-11-14-10-26(3)20(30)18-17(24-13-28(18)16(14)12-27)19(29)23-9-7-15-6-4-5-8-22-15;3-2(4,5)1(6)7/h4-6,8,13-14,16H,7,9-12H2,1-3H3,(H,23,29);(H,6,7). The van der Waals surface area contributed by atoms with Gasteiger partial charge in [-0.3, -0.25) is 14.6 Å². The fourth-order valence-electron chi connectivity index (χ4n) is 4.33. The van der Waals surface area contributed by atoms with Crippen molar-refractivity contribution < 1.29 is 37.5 Å². The third kappa shape index (κ3) is 6.39. The molecule has 2 unspecified atom stereocenters. The van der Waals surface area contributed by atoms with Crippen molar-refractivity contribution in [3.8, 4) is 0 Å². The highest BCUT2D eigenvalue weighted by atomic mass is 19.4. The minimum atomic E-state index is -5.08. The van der Waals surface area contributed by atoms with E-state index >= 15 is 0 Å². The molecule has 206 valence electrons. The van der Waals surface area contributed by atoms with Crippen molar-refractivity contribution in [1.82, 2.24) is 34.6 Å². The molecule has 2 aliphatic heterocycles. The van der Waals surface area contributed by atoms with E-state index in [0.29, 0.717) is 32.6 Å². The average Bonchev–Trinajstić information content (AvgIpc) is 3.45. The average molecular weight is 540 g/mol. The molecule has 0 aliphatic carbocycles. The summed E-state index contributed by atoms with van der Waals surface area (Å²) in [5.74, 6) is -3.29. The first-order valence-electron chi connectivity index (χ1n) is 11.6. The molecule has 0 spiro atoms. The van der Waals surface area contributed by atoms with Crippen molar-refractivity contribution in [2.45, 2.75) is 18.6 Å². The molecule has 2 aromatic rings. The zero-order valence-corrected chi connectivity index (χ0v) is 21.0. The fourth-order valence-corrected chi connectivity index (χ4v) is 4.33. The van der Waals surface area contributed by atoms with Gasteiger partial charge >= 0.3 is 18.2 Å². The Balaban J connectivity index is 0.000000505. The van der Waals surface area contributed by atoms with Crippen LogP contribution in [0.3, 0.4) is 0 Å². The number of carbonyl (C=O) groups excluding carboxylic acids is 3. The molecular formula is C23H28F3N7O5. The summed E-state index contributed by atoms with van der Waals surface area (Å²) in [5.41, 5.74) is 1.28. The van der Waals surface area contributed by atoms with E-state index in [4.69, 9.17) is 9.90 Å². The van der Waals surface area contributed by atoms with Gasteiger partial charge in [0, 0.05) is 71.6 Å². The second-order valence-corrected chi connectivity index (χ2v) is 9.07. The predicted octanol–water partition coefficient (Wildman–Crippen LogP) is 1.12. The van der Waals surface area contributed by atoms with Gasteiger partial charge in [-0.15, -0.1) is 0 Å². The van der Waals surface area contributed by atoms with Gasteiger partial charge in [0.2, 0.25) is 0 Å². The molecule has 12 nitrogen and oxygen atoms in total. The summed E-state index contributed by atoms with van der Waals surface area (Å²) in [6, 6.07) is 5.48. The second-order valence-electron chi connectivity index (χ2n) is 9.07. The summed E-state index contributed by atoms with van der Waals surface area (Å²) >= 11 is 0. The van der Waals surface area contributed by atoms with E-state index in [1.165, 1.54) is 0 Å². The molecule has 38 heavy (non-hydrogen) atoms. The number of carbonyl (C=O) groups is 4. The topological polar surface area (TPSA) is 141 Å². The lowest BCUT2D eigenvalue weighted by Gasteiger charge is -2.22. The quantitative estimate of drug-likeness (QED) is 0.593. The Kier molecular flexibility index (Phi) is 8.58. The molecule has 4 rings (SSSR count). The number of halogens is 3. The Morgan fingerprint density at radius 3 is 2.42 bits per heavy atom. The van der Waals surface area contributed by atoms with Crippen LogP contribution in [0.5, 0.6) is 0 Å². The minimum Gasteiger partial charge on any atom is -0.475 e. The van der Waals surface area contributed by atoms with Crippen LogP contribution in [-0.2, 0) is 11.2 Å². The lowest BCUT2D eigenvalue weighted by Crippen LogP contribution is -2.39. The monoisotopic (exact) mass is 539 g/mol. The molecular weight excluding hydrogens is 511 g/mol. The van der Waals surface area contributed by atoms with Crippen LogP contribution >= 0.6 is 0 Å². The van der Waals surface area contributed by atoms with Gasteiger partial charge in [-0.1, -0.05) is 6.07 Å². The summed E-state index contributed by atoms with van der Waals surface area (Å²) in [5, 5.41) is 9.97. The fraction of sp³-hybridized carbons (Fsp3) is 0.478. The maximum absolute atomic E-state index is 13.1. The van der Waals surface area contributed by atoms with Crippen LogP contribution in [0.4, 0.5) is 18.0 Å². The lowest BCUT2D eigenvalue weighted by atomic mass is 10.0. The van der Waals surface area contributed by atoms with Gasteiger partial charge in [0.25, 0.3) is 11.8 Å². The molecule has 0 bridgehead atoms. The number of likely N-dealkylation sites (tertiary alicyclic amines) is 1. The predicted molar refractivity (Wildman–Crippen MR) is 126 cm³/mol. The van der Waals surface area contributed by atoms with Gasteiger partial charge in [-0.2, -0.15) is 13.2 Å². The van der Waals surface area contributed by atoms with Crippen LogP contribution in [0, 0.1) is 5.92 Å². The van der Waals surface area contributed by atoms with Crippen LogP contribution in [0.2, 0.25) is 0 Å².